The lowest BCUT2D eigenvalue weighted by Crippen LogP contribution is -2.52. The summed E-state index contributed by atoms with van der Waals surface area (Å²) in [7, 11) is 3.85. The number of carboxylic acids is 1. The minimum Gasteiger partial charge on any atom is -0.481 e. The fraction of sp³-hybridized carbons (Fsp3) is 0.857. The van der Waals surface area contributed by atoms with Gasteiger partial charge in [-0.15, -0.1) is 0 Å². The van der Waals surface area contributed by atoms with E-state index in [9.17, 15) is 9.59 Å². The molecule has 0 aromatic rings. The summed E-state index contributed by atoms with van der Waals surface area (Å²) in [5, 5.41) is 11.7. The van der Waals surface area contributed by atoms with E-state index < -0.39 is 5.97 Å². The molecule has 1 aliphatic heterocycles. The smallest absolute Gasteiger partial charge is 0.317 e. The second-order valence-electron chi connectivity index (χ2n) is 5.70. The lowest BCUT2D eigenvalue weighted by atomic mass is 10.1. The van der Waals surface area contributed by atoms with Crippen LogP contribution in [0.2, 0.25) is 0 Å². The number of hydrogen-bond donors (Lipinski definition) is 2. The Morgan fingerprint density at radius 2 is 2.20 bits per heavy atom. The summed E-state index contributed by atoms with van der Waals surface area (Å²) in [6.45, 7) is 3.94. The predicted molar refractivity (Wildman–Crippen MR) is 77.8 cm³/mol. The molecular weight excluding hydrogens is 258 g/mol. The van der Waals surface area contributed by atoms with Crippen molar-refractivity contribution in [1.29, 1.82) is 0 Å². The Balaban J connectivity index is 2.51. The first kappa shape index (κ1) is 16.8. The Kier molecular flexibility index (Phi) is 6.78. The Bertz CT molecular complexity index is 336. The fourth-order valence-electron chi connectivity index (χ4n) is 2.68. The maximum absolute atomic E-state index is 12.2. The third kappa shape index (κ3) is 5.36. The molecule has 6 heteroatoms. The number of urea groups is 1. The van der Waals surface area contributed by atoms with Crippen molar-refractivity contribution in [3.05, 3.63) is 0 Å². The number of hydrogen-bond acceptors (Lipinski definition) is 3. The van der Waals surface area contributed by atoms with Crippen LogP contribution in [0, 0.1) is 0 Å². The van der Waals surface area contributed by atoms with E-state index in [2.05, 4.69) is 17.3 Å². The average Bonchev–Trinajstić information content (AvgIpc) is 2.37. The van der Waals surface area contributed by atoms with Gasteiger partial charge in [0.05, 0.1) is 6.42 Å². The highest BCUT2D eigenvalue weighted by Gasteiger charge is 2.26. The molecule has 20 heavy (non-hydrogen) atoms. The first-order valence-corrected chi connectivity index (χ1v) is 7.37. The number of carbonyl (C=O) groups excluding carboxylic acids is 1. The number of amides is 2. The van der Waals surface area contributed by atoms with Gasteiger partial charge in [0.15, 0.2) is 0 Å². The van der Waals surface area contributed by atoms with Gasteiger partial charge in [-0.1, -0.05) is 13.3 Å². The molecule has 2 unspecified atom stereocenters. The number of aliphatic carboxylic acids is 1. The highest BCUT2D eigenvalue weighted by molar-refractivity contribution is 5.76. The summed E-state index contributed by atoms with van der Waals surface area (Å²) in [6.07, 6.45) is 3.63. The van der Waals surface area contributed by atoms with Gasteiger partial charge in [0.25, 0.3) is 0 Å². The molecule has 1 saturated heterocycles. The summed E-state index contributed by atoms with van der Waals surface area (Å²) < 4.78 is 0. The largest absolute Gasteiger partial charge is 0.481 e. The minimum atomic E-state index is -0.871. The van der Waals surface area contributed by atoms with E-state index in [4.69, 9.17) is 5.11 Å². The molecular formula is C14H27N3O3. The maximum Gasteiger partial charge on any atom is 0.317 e. The topological polar surface area (TPSA) is 72.9 Å². The number of likely N-dealkylation sites (N-methyl/N-ethyl adjacent to an activating group) is 2. The third-order valence-corrected chi connectivity index (χ3v) is 3.85. The van der Waals surface area contributed by atoms with Crippen molar-refractivity contribution < 1.29 is 14.7 Å². The zero-order valence-electron chi connectivity index (χ0n) is 12.8. The molecule has 0 bridgehead atoms. The number of rotatable bonds is 6. The van der Waals surface area contributed by atoms with Crippen molar-refractivity contribution in [2.75, 3.05) is 27.2 Å². The van der Waals surface area contributed by atoms with Gasteiger partial charge in [-0.2, -0.15) is 0 Å². The Morgan fingerprint density at radius 3 is 2.75 bits per heavy atom. The van der Waals surface area contributed by atoms with Crippen LogP contribution in [0.3, 0.4) is 0 Å². The van der Waals surface area contributed by atoms with E-state index in [1.165, 1.54) is 0 Å². The quantitative estimate of drug-likeness (QED) is 0.773. The van der Waals surface area contributed by atoms with E-state index in [0.29, 0.717) is 6.42 Å². The summed E-state index contributed by atoms with van der Waals surface area (Å²) in [4.78, 5) is 27.0. The summed E-state index contributed by atoms with van der Waals surface area (Å²) in [5.74, 6) is -0.871. The zero-order valence-corrected chi connectivity index (χ0v) is 12.8. The van der Waals surface area contributed by atoms with Crippen LogP contribution in [0.15, 0.2) is 0 Å². The molecule has 0 aromatic heterocycles. The van der Waals surface area contributed by atoms with Crippen LogP contribution in [-0.4, -0.2) is 66.2 Å². The van der Waals surface area contributed by atoms with E-state index in [1.54, 1.807) is 11.9 Å². The van der Waals surface area contributed by atoms with Crippen LogP contribution < -0.4 is 5.32 Å². The van der Waals surface area contributed by atoms with Crippen LogP contribution >= 0.6 is 0 Å². The lowest BCUT2D eigenvalue weighted by molar-refractivity contribution is -0.137. The minimum absolute atomic E-state index is 0.0159. The van der Waals surface area contributed by atoms with Gasteiger partial charge >= 0.3 is 12.0 Å². The molecule has 0 saturated carbocycles. The average molecular weight is 285 g/mol. The molecule has 0 aliphatic carbocycles. The number of nitrogens with zero attached hydrogens (tertiary/aromatic N) is 2. The molecule has 1 fully saturated rings. The first-order valence-electron chi connectivity index (χ1n) is 7.37. The van der Waals surface area contributed by atoms with E-state index >= 15 is 0 Å². The summed E-state index contributed by atoms with van der Waals surface area (Å²) in [5.41, 5.74) is 0. The van der Waals surface area contributed by atoms with E-state index in [1.807, 2.05) is 6.92 Å². The molecule has 0 radical (unpaired) electrons. The van der Waals surface area contributed by atoms with Crippen molar-refractivity contribution >= 4 is 12.0 Å². The SMILES string of the molecule is CCCC(CC(=O)O)NC(=O)N(C)C1CCCN(C)C1. The van der Waals surface area contributed by atoms with E-state index in [0.717, 1.165) is 32.4 Å². The second kappa shape index (κ2) is 8.09. The monoisotopic (exact) mass is 285 g/mol. The van der Waals surface area contributed by atoms with Crippen molar-refractivity contribution in [3.63, 3.8) is 0 Å². The van der Waals surface area contributed by atoms with Crippen molar-refractivity contribution in [2.24, 2.45) is 0 Å². The normalized spacial score (nSPS) is 21.2. The molecule has 2 amide bonds. The highest BCUT2D eigenvalue weighted by atomic mass is 16.4. The van der Waals surface area contributed by atoms with Gasteiger partial charge in [0.1, 0.15) is 0 Å². The molecule has 1 aliphatic rings. The number of carbonyl (C=O) groups is 2. The first-order chi connectivity index (χ1) is 9.43. The second-order valence-corrected chi connectivity index (χ2v) is 5.70. The van der Waals surface area contributed by atoms with E-state index in [-0.39, 0.29) is 24.5 Å². The predicted octanol–water partition coefficient (Wildman–Crippen LogP) is 1.37. The standard InChI is InChI=1S/C14H27N3O3/c1-4-6-11(9-13(18)19)15-14(20)17(3)12-7-5-8-16(2)10-12/h11-12H,4-10H2,1-3H3,(H,15,20)(H,18,19). The summed E-state index contributed by atoms with van der Waals surface area (Å²) >= 11 is 0. The Labute approximate surface area is 121 Å². The Morgan fingerprint density at radius 1 is 1.50 bits per heavy atom. The third-order valence-electron chi connectivity index (χ3n) is 3.85. The number of nitrogens with one attached hydrogen (secondary N) is 1. The molecule has 0 aromatic carbocycles. The van der Waals surface area contributed by atoms with Gasteiger partial charge in [0.2, 0.25) is 0 Å². The lowest BCUT2D eigenvalue weighted by Gasteiger charge is -2.36. The van der Waals surface area contributed by atoms with Gasteiger partial charge in [-0.25, -0.2) is 4.79 Å². The van der Waals surface area contributed by atoms with Crippen LogP contribution in [-0.2, 0) is 4.79 Å². The molecule has 2 N–H and O–H groups in total. The highest BCUT2D eigenvalue weighted by Crippen LogP contribution is 2.14. The van der Waals surface area contributed by atoms with Crippen LogP contribution in [0.5, 0.6) is 0 Å². The Hall–Kier alpha value is -1.30. The maximum atomic E-state index is 12.2. The van der Waals surface area contributed by atoms with Gasteiger partial charge in [-0.3, -0.25) is 4.79 Å². The van der Waals surface area contributed by atoms with Crippen molar-refractivity contribution in [2.45, 2.75) is 51.1 Å². The molecule has 1 rings (SSSR count). The fourth-order valence-corrected chi connectivity index (χ4v) is 2.68. The number of likely N-dealkylation sites (tertiary alicyclic amines) is 1. The molecule has 0 spiro atoms. The molecule has 1 heterocycles. The molecule has 116 valence electrons. The van der Waals surface area contributed by atoms with Crippen molar-refractivity contribution in [3.8, 4) is 0 Å². The van der Waals surface area contributed by atoms with Gasteiger partial charge in [-0.05, 0) is 32.9 Å². The van der Waals surface area contributed by atoms with Gasteiger partial charge in [0, 0.05) is 25.7 Å². The zero-order chi connectivity index (χ0) is 15.1. The van der Waals surface area contributed by atoms with Crippen LogP contribution in [0.1, 0.15) is 39.0 Å². The molecule has 6 nitrogen and oxygen atoms in total. The number of piperidine rings is 1. The number of carboxylic acid groups (broad SMARTS) is 1. The van der Waals surface area contributed by atoms with Gasteiger partial charge < -0.3 is 20.2 Å². The summed E-state index contributed by atoms with van der Waals surface area (Å²) in [6, 6.07) is -0.236. The van der Waals surface area contributed by atoms with Crippen LogP contribution in [0.4, 0.5) is 4.79 Å². The molecule has 2 atom stereocenters. The van der Waals surface area contributed by atoms with Crippen LogP contribution in [0.25, 0.3) is 0 Å². The van der Waals surface area contributed by atoms with Crippen molar-refractivity contribution in [1.82, 2.24) is 15.1 Å².